The van der Waals surface area contributed by atoms with Gasteiger partial charge in [0, 0.05) is 11.3 Å². The first-order valence-corrected chi connectivity index (χ1v) is 12.6. The highest BCUT2D eigenvalue weighted by molar-refractivity contribution is 7.14. The number of rotatable bonds is 9. The van der Waals surface area contributed by atoms with Crippen LogP contribution >= 0.6 is 11.3 Å². The van der Waals surface area contributed by atoms with Gasteiger partial charge in [-0.15, -0.1) is 11.3 Å². The molecule has 0 fully saturated rings. The monoisotopic (exact) mass is 438 g/mol. The molecular weight excluding hydrogens is 400 g/mol. The van der Waals surface area contributed by atoms with Crippen molar-refractivity contribution in [2.75, 3.05) is 0 Å². The van der Waals surface area contributed by atoms with Crippen LogP contribution in [0.25, 0.3) is 0 Å². The number of aliphatic hydroxyl groups is 1. The van der Waals surface area contributed by atoms with Gasteiger partial charge in [0.2, 0.25) is 0 Å². The summed E-state index contributed by atoms with van der Waals surface area (Å²) < 4.78 is 0. The van der Waals surface area contributed by atoms with Gasteiger partial charge in [-0.3, -0.25) is 0 Å². The highest BCUT2D eigenvalue weighted by Crippen LogP contribution is 2.33. The van der Waals surface area contributed by atoms with Crippen LogP contribution in [0.2, 0.25) is 0 Å². The normalized spacial score (nSPS) is 14.9. The Morgan fingerprint density at radius 3 is 2.39 bits per heavy atom. The number of benzene rings is 1. The third-order valence-corrected chi connectivity index (χ3v) is 7.75. The van der Waals surface area contributed by atoms with Crippen LogP contribution in [0.4, 0.5) is 0 Å². The van der Waals surface area contributed by atoms with E-state index in [9.17, 15) is 5.11 Å². The van der Waals surface area contributed by atoms with Crippen molar-refractivity contribution >= 4 is 22.8 Å². The van der Waals surface area contributed by atoms with Gasteiger partial charge >= 0.3 is 0 Å². The van der Waals surface area contributed by atoms with Crippen molar-refractivity contribution in [1.82, 2.24) is 0 Å². The van der Waals surface area contributed by atoms with Gasteiger partial charge in [0.1, 0.15) is 0 Å². The minimum atomic E-state index is -0.211. The fourth-order valence-corrected chi connectivity index (χ4v) is 5.73. The summed E-state index contributed by atoms with van der Waals surface area (Å²) in [7, 11) is 0. The Hall–Kier alpha value is -1.78. The van der Waals surface area contributed by atoms with E-state index in [0.717, 1.165) is 49.9 Å². The quantitative estimate of drug-likeness (QED) is 0.463. The molecule has 1 aliphatic rings. The lowest BCUT2D eigenvalue weighted by Gasteiger charge is -2.16. The van der Waals surface area contributed by atoms with Crippen molar-refractivity contribution in [2.24, 2.45) is 16.1 Å². The standard InChI is InChI=1S/C27H38N2OS/c1-8-20-14-21(13-17(5)23(20)11-10-22(30)9-2)25-15-26(29-28-25)27-18(6)24(12-16(3)4)19(7)31-27/h13-14,16,22,30H,8-12,15H2,1-7H3/t22-/m1/s1. The minimum Gasteiger partial charge on any atom is -0.393 e. The molecule has 0 amide bonds. The summed E-state index contributed by atoms with van der Waals surface area (Å²) in [4.78, 5) is 2.73. The molecule has 1 atom stereocenters. The van der Waals surface area contributed by atoms with E-state index in [-0.39, 0.29) is 6.10 Å². The maximum Gasteiger partial charge on any atom is 0.0865 e. The summed E-state index contributed by atoms with van der Waals surface area (Å²) in [5, 5.41) is 19.2. The summed E-state index contributed by atoms with van der Waals surface area (Å²) in [6.07, 6.45) is 5.29. The molecule has 0 radical (unpaired) electrons. The molecule has 3 rings (SSSR count). The number of nitrogens with zero attached hydrogens (tertiary/aromatic N) is 2. The van der Waals surface area contributed by atoms with E-state index in [1.165, 1.54) is 43.1 Å². The lowest BCUT2D eigenvalue weighted by atomic mass is 9.90. The Labute approximate surface area is 192 Å². The fraction of sp³-hybridized carbons (Fsp3) is 0.556. The van der Waals surface area contributed by atoms with Crippen molar-refractivity contribution in [1.29, 1.82) is 0 Å². The Morgan fingerprint density at radius 2 is 1.74 bits per heavy atom. The molecular formula is C27H38N2OS. The van der Waals surface area contributed by atoms with Crippen LogP contribution in [-0.2, 0) is 19.3 Å². The zero-order chi connectivity index (χ0) is 22.7. The van der Waals surface area contributed by atoms with Gasteiger partial charge < -0.3 is 5.11 Å². The molecule has 31 heavy (non-hydrogen) atoms. The predicted molar refractivity (Wildman–Crippen MR) is 135 cm³/mol. The second-order valence-electron chi connectivity index (χ2n) is 9.34. The predicted octanol–water partition coefficient (Wildman–Crippen LogP) is 6.73. The van der Waals surface area contributed by atoms with Crippen LogP contribution in [0.3, 0.4) is 0 Å². The van der Waals surface area contributed by atoms with Gasteiger partial charge in [-0.1, -0.05) is 27.7 Å². The van der Waals surface area contributed by atoms with Gasteiger partial charge in [0.15, 0.2) is 0 Å². The van der Waals surface area contributed by atoms with Crippen LogP contribution in [0.1, 0.15) is 90.1 Å². The van der Waals surface area contributed by atoms with E-state index in [1.54, 1.807) is 0 Å². The molecule has 0 spiro atoms. The lowest BCUT2D eigenvalue weighted by Crippen LogP contribution is -2.10. The fourth-order valence-electron chi connectivity index (χ4n) is 4.55. The zero-order valence-electron chi connectivity index (χ0n) is 20.3. The molecule has 4 heteroatoms. The highest BCUT2D eigenvalue weighted by Gasteiger charge is 2.23. The molecule has 2 heterocycles. The Morgan fingerprint density at radius 1 is 1.03 bits per heavy atom. The van der Waals surface area contributed by atoms with E-state index >= 15 is 0 Å². The van der Waals surface area contributed by atoms with Gasteiger partial charge in [0.05, 0.1) is 22.4 Å². The Kier molecular flexibility index (Phi) is 7.87. The van der Waals surface area contributed by atoms with Crippen molar-refractivity contribution < 1.29 is 5.11 Å². The second kappa shape index (κ2) is 10.2. The molecule has 0 saturated heterocycles. The Balaban J connectivity index is 1.80. The molecule has 1 aromatic carbocycles. The van der Waals surface area contributed by atoms with E-state index in [2.05, 4.69) is 63.9 Å². The van der Waals surface area contributed by atoms with E-state index in [4.69, 9.17) is 0 Å². The maximum absolute atomic E-state index is 10.00. The largest absolute Gasteiger partial charge is 0.393 e. The summed E-state index contributed by atoms with van der Waals surface area (Å²) in [6, 6.07) is 4.56. The third kappa shape index (κ3) is 5.35. The number of aryl methyl sites for hydroxylation is 3. The van der Waals surface area contributed by atoms with E-state index in [1.807, 2.05) is 18.3 Å². The summed E-state index contributed by atoms with van der Waals surface area (Å²) >= 11 is 1.87. The van der Waals surface area contributed by atoms with Gasteiger partial charge in [-0.05, 0) is 104 Å². The summed E-state index contributed by atoms with van der Waals surface area (Å²) in [5.41, 5.74) is 10.3. The topological polar surface area (TPSA) is 45.0 Å². The average molecular weight is 439 g/mol. The van der Waals surface area contributed by atoms with Gasteiger partial charge in [-0.2, -0.15) is 10.2 Å². The minimum absolute atomic E-state index is 0.211. The SMILES string of the molecule is CCc1cc(C2=NN=C(c3sc(C)c(CC(C)C)c3C)C2)cc(C)c1CC[C@H](O)CC. The lowest BCUT2D eigenvalue weighted by molar-refractivity contribution is 0.160. The molecule has 1 aromatic heterocycles. The van der Waals surface area contributed by atoms with Gasteiger partial charge in [0.25, 0.3) is 0 Å². The molecule has 0 saturated carbocycles. The van der Waals surface area contributed by atoms with Crippen LogP contribution in [-0.4, -0.2) is 22.6 Å². The first-order valence-electron chi connectivity index (χ1n) is 11.8. The van der Waals surface area contributed by atoms with Crippen LogP contribution < -0.4 is 0 Å². The van der Waals surface area contributed by atoms with Crippen molar-refractivity contribution in [3.63, 3.8) is 0 Å². The van der Waals surface area contributed by atoms with Gasteiger partial charge in [-0.25, -0.2) is 0 Å². The molecule has 1 aliphatic heterocycles. The summed E-state index contributed by atoms with van der Waals surface area (Å²) in [5.74, 6) is 0.657. The first kappa shape index (κ1) is 23.9. The highest BCUT2D eigenvalue weighted by atomic mass is 32.1. The molecule has 1 N–H and O–H groups in total. The number of hydrogen-bond donors (Lipinski definition) is 1. The third-order valence-electron chi connectivity index (χ3n) is 6.45. The van der Waals surface area contributed by atoms with E-state index in [0.29, 0.717) is 5.92 Å². The number of aliphatic hydroxyl groups excluding tert-OH is 1. The molecule has 0 aliphatic carbocycles. The van der Waals surface area contributed by atoms with Crippen LogP contribution in [0.15, 0.2) is 22.3 Å². The van der Waals surface area contributed by atoms with Crippen molar-refractivity contribution in [3.05, 3.63) is 55.3 Å². The maximum atomic E-state index is 10.00. The molecule has 0 unspecified atom stereocenters. The average Bonchev–Trinajstić information content (AvgIpc) is 3.32. The molecule has 168 valence electrons. The summed E-state index contributed by atoms with van der Waals surface area (Å²) in [6.45, 7) is 15.5. The zero-order valence-corrected chi connectivity index (χ0v) is 21.1. The van der Waals surface area contributed by atoms with Crippen LogP contribution in [0, 0.1) is 26.7 Å². The van der Waals surface area contributed by atoms with E-state index < -0.39 is 0 Å². The smallest absolute Gasteiger partial charge is 0.0865 e. The van der Waals surface area contributed by atoms with Crippen molar-refractivity contribution in [3.8, 4) is 0 Å². The molecule has 0 bridgehead atoms. The van der Waals surface area contributed by atoms with Crippen LogP contribution in [0.5, 0.6) is 0 Å². The second-order valence-corrected chi connectivity index (χ2v) is 10.6. The number of hydrogen-bond acceptors (Lipinski definition) is 4. The first-order chi connectivity index (χ1) is 14.7. The molecule has 3 nitrogen and oxygen atoms in total. The number of thiophene rings is 1. The Bertz CT molecular complexity index is 997. The van der Waals surface area contributed by atoms with Crippen molar-refractivity contribution in [2.45, 2.75) is 93.1 Å². The molecule has 2 aromatic rings.